The molecule has 4 aliphatic rings. The van der Waals surface area contributed by atoms with Gasteiger partial charge in [-0.15, -0.1) is 24.0 Å². The number of hydrogen-bond acceptors (Lipinski definition) is 3. The fourth-order valence-electron chi connectivity index (χ4n) is 5.28. The maximum atomic E-state index is 12.2. The molecule has 0 aromatic carbocycles. The maximum Gasteiger partial charge on any atom is 0.225 e. The van der Waals surface area contributed by atoms with Gasteiger partial charge >= 0.3 is 0 Å². The number of ether oxygens (including phenoxy) is 1. The zero-order valence-electron chi connectivity index (χ0n) is 17.6. The molecule has 2 aliphatic heterocycles. The van der Waals surface area contributed by atoms with Crippen molar-refractivity contribution in [1.29, 1.82) is 0 Å². The molecule has 1 amide bonds. The van der Waals surface area contributed by atoms with E-state index < -0.39 is 0 Å². The van der Waals surface area contributed by atoms with Crippen LogP contribution < -0.4 is 10.6 Å². The average Bonchev–Trinajstić information content (AvgIpc) is 3.51. The summed E-state index contributed by atoms with van der Waals surface area (Å²) >= 11 is 0. The average molecular weight is 504 g/mol. The summed E-state index contributed by atoms with van der Waals surface area (Å²) in [6, 6.07) is 0.810. The van der Waals surface area contributed by atoms with Crippen molar-refractivity contribution in [3.8, 4) is 0 Å². The third kappa shape index (κ3) is 4.45. The van der Waals surface area contributed by atoms with E-state index in [1.165, 1.54) is 6.42 Å². The van der Waals surface area contributed by atoms with Crippen molar-refractivity contribution in [3.63, 3.8) is 0 Å². The number of carbonyl (C=O) groups is 1. The molecule has 7 heteroatoms. The first kappa shape index (κ1) is 22.1. The van der Waals surface area contributed by atoms with Crippen LogP contribution in [0.4, 0.5) is 0 Å². The van der Waals surface area contributed by atoms with E-state index in [1.54, 1.807) is 0 Å². The molecule has 0 bridgehead atoms. The summed E-state index contributed by atoms with van der Waals surface area (Å²) in [4.78, 5) is 19.0. The smallest absolute Gasteiger partial charge is 0.225 e. The first-order valence-corrected chi connectivity index (χ1v) is 11.0. The van der Waals surface area contributed by atoms with E-state index in [0.717, 1.165) is 64.3 Å². The van der Waals surface area contributed by atoms with Crippen molar-refractivity contribution in [1.82, 2.24) is 15.5 Å². The maximum absolute atomic E-state index is 12.2. The van der Waals surface area contributed by atoms with Crippen LogP contribution in [0.25, 0.3) is 0 Å². The number of nitrogens with one attached hydrogen (secondary N) is 2. The Hall–Kier alpha value is -0.570. The second kappa shape index (κ2) is 9.06. The number of fused-ring (bicyclic) bond motifs is 1. The molecule has 3 atom stereocenters. The Morgan fingerprint density at radius 3 is 2.50 bits per heavy atom. The van der Waals surface area contributed by atoms with Crippen LogP contribution in [-0.4, -0.2) is 61.2 Å². The number of carbonyl (C=O) groups excluding carboxylic acids is 1. The molecule has 2 saturated heterocycles. The van der Waals surface area contributed by atoms with Gasteiger partial charge in [0.05, 0.1) is 6.10 Å². The molecular weight excluding hydrogens is 467 g/mol. The van der Waals surface area contributed by atoms with Crippen molar-refractivity contribution >= 4 is 35.8 Å². The Labute approximate surface area is 186 Å². The van der Waals surface area contributed by atoms with Gasteiger partial charge in [0, 0.05) is 55.6 Å². The van der Waals surface area contributed by atoms with Gasteiger partial charge in [-0.05, 0) is 45.4 Å². The number of hydrogen-bond donors (Lipinski definition) is 2. The Bertz CT molecular complexity index is 585. The molecule has 28 heavy (non-hydrogen) atoms. The molecule has 2 heterocycles. The quantitative estimate of drug-likeness (QED) is 0.351. The molecule has 0 radical (unpaired) electrons. The Balaban J connectivity index is 0.00000225. The van der Waals surface area contributed by atoms with Gasteiger partial charge in [-0.3, -0.25) is 9.79 Å². The van der Waals surface area contributed by atoms with Crippen LogP contribution >= 0.6 is 24.0 Å². The van der Waals surface area contributed by atoms with Gasteiger partial charge in [-0.25, -0.2) is 0 Å². The number of aliphatic imine (C=N–C) groups is 1. The minimum absolute atomic E-state index is 0. The molecule has 0 aromatic rings. The summed E-state index contributed by atoms with van der Waals surface area (Å²) in [7, 11) is 0. The van der Waals surface area contributed by atoms with Crippen LogP contribution in [0.15, 0.2) is 4.99 Å². The van der Waals surface area contributed by atoms with Crippen LogP contribution in [0.2, 0.25) is 0 Å². The van der Waals surface area contributed by atoms with Crippen LogP contribution in [0.5, 0.6) is 0 Å². The topological polar surface area (TPSA) is 66.0 Å². The summed E-state index contributed by atoms with van der Waals surface area (Å²) < 4.78 is 6.03. The van der Waals surface area contributed by atoms with Crippen LogP contribution in [0.1, 0.15) is 59.3 Å². The van der Waals surface area contributed by atoms with Crippen molar-refractivity contribution in [2.24, 2.45) is 22.2 Å². The molecule has 2 N–H and O–H groups in total. The second-order valence-electron chi connectivity index (χ2n) is 9.38. The number of guanidine groups is 1. The van der Waals surface area contributed by atoms with Crippen LogP contribution in [0.3, 0.4) is 0 Å². The Morgan fingerprint density at radius 2 is 1.86 bits per heavy atom. The molecule has 6 nitrogen and oxygen atoms in total. The number of rotatable bonds is 4. The Morgan fingerprint density at radius 1 is 1.14 bits per heavy atom. The highest BCUT2D eigenvalue weighted by Gasteiger charge is 2.58. The molecular formula is C21H37IN4O2. The van der Waals surface area contributed by atoms with Gasteiger partial charge in [-0.2, -0.15) is 0 Å². The molecule has 160 valence electrons. The first-order valence-electron chi connectivity index (χ1n) is 11.0. The third-order valence-corrected chi connectivity index (χ3v) is 7.01. The molecule has 4 rings (SSSR count). The predicted molar refractivity (Wildman–Crippen MR) is 122 cm³/mol. The number of halogens is 1. The summed E-state index contributed by atoms with van der Waals surface area (Å²) in [5.74, 6) is 2.25. The van der Waals surface area contributed by atoms with E-state index in [0.29, 0.717) is 35.9 Å². The van der Waals surface area contributed by atoms with E-state index in [4.69, 9.17) is 9.73 Å². The van der Waals surface area contributed by atoms with Crippen molar-refractivity contribution in [2.45, 2.75) is 77.5 Å². The van der Waals surface area contributed by atoms with E-state index in [9.17, 15) is 4.79 Å². The molecule has 0 spiro atoms. The van der Waals surface area contributed by atoms with Gasteiger partial charge in [-0.1, -0.05) is 13.8 Å². The SMILES string of the molecule is CCN=C(NC1CCN(C(=O)C2CC2)CC1)NC1C2CCCOC2C1(C)C.I. The normalized spacial score (nSPS) is 32.6. The Kier molecular flexibility index (Phi) is 7.16. The van der Waals surface area contributed by atoms with Gasteiger partial charge in [0.25, 0.3) is 0 Å². The number of likely N-dealkylation sites (tertiary alicyclic amines) is 1. The first-order chi connectivity index (χ1) is 13.0. The molecule has 0 aromatic heterocycles. The van der Waals surface area contributed by atoms with Gasteiger partial charge < -0.3 is 20.3 Å². The fourth-order valence-corrected chi connectivity index (χ4v) is 5.28. The lowest BCUT2D eigenvalue weighted by Gasteiger charge is -2.60. The third-order valence-electron chi connectivity index (χ3n) is 7.01. The standard InChI is InChI=1S/C21H36N4O2.HI/c1-4-22-20(24-17-16-6-5-13-27-18(16)21(17,2)3)23-15-9-11-25(12-10-15)19(26)14-7-8-14;/h14-18H,4-13H2,1-3H3,(H2,22,23,24);1H. The number of amides is 1. The minimum atomic E-state index is 0. The lowest BCUT2D eigenvalue weighted by Crippen LogP contribution is -2.71. The zero-order valence-corrected chi connectivity index (χ0v) is 19.9. The minimum Gasteiger partial charge on any atom is -0.377 e. The second-order valence-corrected chi connectivity index (χ2v) is 9.38. The van der Waals surface area contributed by atoms with E-state index in [-0.39, 0.29) is 29.4 Å². The van der Waals surface area contributed by atoms with Crippen molar-refractivity contribution < 1.29 is 9.53 Å². The van der Waals surface area contributed by atoms with Gasteiger partial charge in [0.15, 0.2) is 5.96 Å². The van der Waals surface area contributed by atoms with Crippen molar-refractivity contribution in [2.75, 3.05) is 26.2 Å². The summed E-state index contributed by atoms with van der Waals surface area (Å²) in [6.45, 7) is 10.1. The van der Waals surface area contributed by atoms with E-state index in [1.807, 2.05) is 0 Å². The highest BCUT2D eigenvalue weighted by atomic mass is 127. The lowest BCUT2D eigenvalue weighted by atomic mass is 9.55. The zero-order chi connectivity index (χ0) is 19.0. The summed E-state index contributed by atoms with van der Waals surface area (Å²) in [5, 5.41) is 7.39. The molecule has 2 aliphatic carbocycles. The van der Waals surface area contributed by atoms with Crippen LogP contribution in [0, 0.1) is 17.3 Å². The van der Waals surface area contributed by atoms with Gasteiger partial charge in [0.1, 0.15) is 0 Å². The largest absolute Gasteiger partial charge is 0.377 e. The van der Waals surface area contributed by atoms with E-state index >= 15 is 0 Å². The number of nitrogens with zero attached hydrogens (tertiary/aromatic N) is 2. The summed E-state index contributed by atoms with van der Waals surface area (Å²) in [6.07, 6.45) is 6.99. The highest BCUT2D eigenvalue weighted by molar-refractivity contribution is 14.0. The van der Waals surface area contributed by atoms with Crippen LogP contribution in [-0.2, 0) is 9.53 Å². The monoisotopic (exact) mass is 504 g/mol. The summed E-state index contributed by atoms with van der Waals surface area (Å²) in [5.41, 5.74) is 0.140. The van der Waals surface area contributed by atoms with E-state index in [2.05, 4.69) is 36.3 Å². The van der Waals surface area contributed by atoms with Gasteiger partial charge in [0.2, 0.25) is 5.91 Å². The highest BCUT2D eigenvalue weighted by Crippen LogP contribution is 2.51. The lowest BCUT2D eigenvalue weighted by molar-refractivity contribution is -0.188. The molecule has 2 saturated carbocycles. The predicted octanol–water partition coefficient (Wildman–Crippen LogP) is 2.76. The number of piperidine rings is 1. The molecule has 4 fully saturated rings. The fraction of sp³-hybridized carbons (Fsp3) is 0.905. The van der Waals surface area contributed by atoms with Crippen molar-refractivity contribution in [3.05, 3.63) is 0 Å². The molecule has 3 unspecified atom stereocenters.